The van der Waals surface area contributed by atoms with Crippen molar-refractivity contribution in [1.82, 2.24) is 14.5 Å². The first-order valence-corrected chi connectivity index (χ1v) is 12.5. The van der Waals surface area contributed by atoms with E-state index < -0.39 is 22.2 Å². The minimum Gasteiger partial charge on any atom is -0.497 e. The van der Waals surface area contributed by atoms with Crippen molar-refractivity contribution in [2.45, 2.75) is 30.0 Å². The van der Waals surface area contributed by atoms with Crippen molar-refractivity contribution in [3.8, 4) is 11.5 Å². The molecule has 3 rings (SSSR count). The monoisotopic (exact) mass is 541 g/mol. The van der Waals surface area contributed by atoms with Gasteiger partial charge in [0.05, 0.1) is 26.9 Å². The predicted molar refractivity (Wildman–Crippen MR) is 120 cm³/mol. The van der Waals surface area contributed by atoms with E-state index in [4.69, 9.17) is 24.1 Å². The number of methoxy groups -OCH3 is 2. The molecule has 0 radical (unpaired) electrons. The van der Waals surface area contributed by atoms with Gasteiger partial charge in [0, 0.05) is 45.4 Å². The van der Waals surface area contributed by atoms with Crippen LogP contribution in [-0.2, 0) is 24.3 Å². The van der Waals surface area contributed by atoms with Crippen molar-refractivity contribution < 1.29 is 50.5 Å². The summed E-state index contributed by atoms with van der Waals surface area (Å²) in [5, 5.41) is 10.3. The number of nitrogens with zero attached hydrogens (tertiary/aromatic N) is 2. The van der Waals surface area contributed by atoms with E-state index in [1.165, 1.54) is 24.6 Å². The Hall–Kier alpha value is -2.62. The molecule has 15 heteroatoms. The zero-order chi connectivity index (χ0) is 26.9. The van der Waals surface area contributed by atoms with Gasteiger partial charge in [0.15, 0.2) is 0 Å². The highest BCUT2D eigenvalue weighted by molar-refractivity contribution is 7.89. The van der Waals surface area contributed by atoms with Gasteiger partial charge in [-0.3, -0.25) is 4.79 Å². The summed E-state index contributed by atoms with van der Waals surface area (Å²) in [7, 11) is -1.13. The number of nitrogens with one attached hydrogen (secondary N) is 1. The number of rotatable bonds is 8. The molecule has 1 unspecified atom stereocenters. The summed E-state index contributed by atoms with van der Waals surface area (Å²) in [6.07, 6.45) is -3.66. The minimum atomic E-state index is -5.08. The summed E-state index contributed by atoms with van der Waals surface area (Å²) >= 11 is 0. The number of carbonyl (C=O) groups excluding carboxylic acids is 1. The highest BCUT2D eigenvalue weighted by Crippen LogP contribution is 2.31. The van der Waals surface area contributed by atoms with Crippen molar-refractivity contribution in [2.75, 3.05) is 60.1 Å². The van der Waals surface area contributed by atoms with Crippen molar-refractivity contribution in [1.29, 1.82) is 0 Å². The van der Waals surface area contributed by atoms with Gasteiger partial charge >= 0.3 is 12.1 Å². The van der Waals surface area contributed by atoms with Crippen LogP contribution >= 0.6 is 0 Å². The highest BCUT2D eigenvalue weighted by Gasteiger charge is 2.38. The number of hydrogen-bond donors (Lipinski definition) is 2. The van der Waals surface area contributed by atoms with Crippen molar-refractivity contribution in [2.24, 2.45) is 0 Å². The molecule has 0 aliphatic carbocycles. The summed E-state index contributed by atoms with van der Waals surface area (Å²) < 4.78 is 76.1. The fraction of sp³-hybridized carbons (Fsp3) is 0.619. The summed E-state index contributed by atoms with van der Waals surface area (Å²) in [6.45, 7) is 3.03. The third-order valence-corrected chi connectivity index (χ3v) is 7.28. The molecule has 0 bridgehead atoms. The second-order valence-electron chi connectivity index (χ2n) is 7.88. The lowest BCUT2D eigenvalue weighted by Gasteiger charge is -2.31. The Bertz CT molecular complexity index is 995. The van der Waals surface area contributed by atoms with Gasteiger partial charge in [0.1, 0.15) is 16.4 Å². The van der Waals surface area contributed by atoms with Crippen molar-refractivity contribution in [3.05, 3.63) is 18.2 Å². The predicted octanol–water partition coefficient (Wildman–Crippen LogP) is 0.939. The van der Waals surface area contributed by atoms with E-state index in [1.807, 2.05) is 0 Å². The molecule has 2 fully saturated rings. The number of piperazine rings is 1. The van der Waals surface area contributed by atoms with Crippen LogP contribution in [0.2, 0.25) is 0 Å². The average Bonchev–Trinajstić information content (AvgIpc) is 3.36. The molecule has 2 saturated heterocycles. The average molecular weight is 542 g/mol. The molecule has 0 aromatic heterocycles. The lowest BCUT2D eigenvalue weighted by molar-refractivity contribution is -0.192. The summed E-state index contributed by atoms with van der Waals surface area (Å²) in [5.41, 5.74) is 0. The number of ether oxygens (including phenoxy) is 3. The first-order valence-electron chi connectivity index (χ1n) is 11.0. The van der Waals surface area contributed by atoms with Gasteiger partial charge in [-0.15, -0.1) is 0 Å². The standard InChI is InChI=1S/C19H29N3O6S.C2HF3O2/c1-26-15-5-6-17(27-2)18(12-15)29(24,25)22(13-16-4-3-11-28-16)14-19(23)21-9-7-20-8-10-21;3-2(4,5)1(6)7/h5-6,12,16,20H,3-4,7-11,13-14H2,1-2H3;(H,6,7). The van der Waals surface area contributed by atoms with E-state index in [2.05, 4.69) is 5.32 Å². The van der Waals surface area contributed by atoms with Crippen LogP contribution in [0.4, 0.5) is 13.2 Å². The van der Waals surface area contributed by atoms with Crippen molar-refractivity contribution in [3.63, 3.8) is 0 Å². The number of aliphatic carboxylic acids is 1. The molecule has 204 valence electrons. The van der Waals surface area contributed by atoms with Gasteiger partial charge in [-0.25, -0.2) is 13.2 Å². The zero-order valence-electron chi connectivity index (χ0n) is 19.9. The van der Waals surface area contributed by atoms with Gasteiger partial charge in [-0.1, -0.05) is 0 Å². The fourth-order valence-electron chi connectivity index (χ4n) is 3.55. The maximum atomic E-state index is 13.5. The highest BCUT2D eigenvalue weighted by atomic mass is 32.2. The van der Waals surface area contributed by atoms with Crippen LogP contribution in [0.25, 0.3) is 0 Å². The van der Waals surface area contributed by atoms with E-state index >= 15 is 0 Å². The molecule has 0 spiro atoms. The molecule has 11 nitrogen and oxygen atoms in total. The van der Waals surface area contributed by atoms with Crippen LogP contribution in [-0.4, -0.2) is 107 Å². The van der Waals surface area contributed by atoms with E-state index in [0.717, 1.165) is 12.8 Å². The number of alkyl halides is 3. The first kappa shape index (κ1) is 29.6. The van der Waals surface area contributed by atoms with Crippen LogP contribution in [0.5, 0.6) is 11.5 Å². The second kappa shape index (κ2) is 13.1. The second-order valence-corrected chi connectivity index (χ2v) is 9.79. The molecule has 2 N–H and O–H groups in total. The quantitative estimate of drug-likeness (QED) is 0.493. The smallest absolute Gasteiger partial charge is 0.490 e. The number of sulfonamides is 1. The normalized spacial score (nSPS) is 18.4. The molecule has 0 saturated carbocycles. The number of amides is 1. The van der Waals surface area contributed by atoms with E-state index in [-0.39, 0.29) is 35.7 Å². The molecule has 1 aromatic rings. The maximum absolute atomic E-state index is 13.5. The molecule has 2 aliphatic rings. The molecular weight excluding hydrogens is 511 g/mol. The molecule has 36 heavy (non-hydrogen) atoms. The molecular formula is C21H30F3N3O8S. The van der Waals surface area contributed by atoms with Crippen LogP contribution in [0, 0.1) is 0 Å². The molecule has 1 aromatic carbocycles. The van der Waals surface area contributed by atoms with Crippen LogP contribution < -0.4 is 14.8 Å². The Kier molecular flexibility index (Phi) is 10.8. The van der Waals surface area contributed by atoms with E-state index in [0.29, 0.717) is 38.5 Å². The van der Waals surface area contributed by atoms with Gasteiger partial charge < -0.3 is 29.5 Å². The third-order valence-electron chi connectivity index (χ3n) is 5.44. The van der Waals surface area contributed by atoms with Gasteiger partial charge in [-0.05, 0) is 25.0 Å². The zero-order valence-corrected chi connectivity index (χ0v) is 20.7. The Labute approximate surface area is 207 Å². The first-order chi connectivity index (χ1) is 16.9. The summed E-state index contributed by atoms with van der Waals surface area (Å²) in [6, 6.07) is 4.61. The Morgan fingerprint density at radius 3 is 2.36 bits per heavy atom. The Morgan fingerprint density at radius 2 is 1.86 bits per heavy atom. The number of benzene rings is 1. The molecule has 2 aliphatic heterocycles. The number of carbonyl (C=O) groups is 2. The maximum Gasteiger partial charge on any atom is 0.490 e. The Morgan fingerprint density at radius 1 is 1.22 bits per heavy atom. The molecule has 1 atom stereocenters. The number of carboxylic acids is 1. The van der Waals surface area contributed by atoms with Gasteiger partial charge in [0.25, 0.3) is 0 Å². The number of hydrogen-bond acceptors (Lipinski definition) is 8. The van der Waals surface area contributed by atoms with Gasteiger partial charge in [0.2, 0.25) is 15.9 Å². The van der Waals surface area contributed by atoms with Crippen LogP contribution in [0.15, 0.2) is 23.1 Å². The number of carboxylic acid groups (broad SMARTS) is 1. The topological polar surface area (TPSA) is 135 Å². The third kappa shape index (κ3) is 8.21. The summed E-state index contributed by atoms with van der Waals surface area (Å²) in [4.78, 5) is 23.4. The summed E-state index contributed by atoms with van der Waals surface area (Å²) in [5.74, 6) is -2.37. The number of halogens is 3. The molecule has 1 amide bonds. The van der Waals surface area contributed by atoms with Crippen LogP contribution in [0.1, 0.15) is 12.8 Å². The lowest BCUT2D eigenvalue weighted by Crippen LogP contribution is -2.51. The van der Waals surface area contributed by atoms with Crippen molar-refractivity contribution >= 4 is 21.9 Å². The fourth-order valence-corrected chi connectivity index (χ4v) is 5.14. The largest absolute Gasteiger partial charge is 0.497 e. The SMILES string of the molecule is COc1ccc(OC)c(S(=O)(=O)N(CC(=O)N2CCNCC2)CC2CCCO2)c1.O=C(O)C(F)(F)F. The Balaban J connectivity index is 0.000000572. The van der Waals surface area contributed by atoms with Gasteiger partial charge in [-0.2, -0.15) is 17.5 Å². The van der Waals surface area contributed by atoms with E-state index in [1.54, 1.807) is 17.0 Å². The minimum absolute atomic E-state index is 0.0227. The van der Waals surface area contributed by atoms with E-state index in [9.17, 15) is 26.4 Å². The lowest BCUT2D eigenvalue weighted by atomic mass is 10.2. The molecule has 2 heterocycles. The van der Waals surface area contributed by atoms with Crippen LogP contribution in [0.3, 0.4) is 0 Å².